The summed E-state index contributed by atoms with van der Waals surface area (Å²) in [6, 6.07) is 0. The van der Waals surface area contributed by atoms with Crippen LogP contribution < -0.4 is 5.32 Å². The van der Waals surface area contributed by atoms with Gasteiger partial charge in [0, 0.05) is 19.6 Å². The molecule has 0 unspecified atom stereocenters. The van der Waals surface area contributed by atoms with E-state index in [4.69, 9.17) is 14.9 Å². The van der Waals surface area contributed by atoms with E-state index in [1.54, 1.807) is 0 Å². The number of hydrogen-bond acceptors (Lipinski definition) is 8. The minimum Gasteiger partial charge on any atom is -0.433 e. The lowest BCUT2D eigenvalue weighted by Gasteiger charge is -2.30. The molecule has 4 atom stereocenters. The van der Waals surface area contributed by atoms with Gasteiger partial charge in [0.1, 0.15) is 25.0 Å². The molecule has 1 amide bonds. The van der Waals surface area contributed by atoms with Crippen LogP contribution in [0.2, 0.25) is 0 Å². The number of amides is 1. The van der Waals surface area contributed by atoms with Crippen LogP contribution in [0.4, 0.5) is 4.79 Å². The van der Waals surface area contributed by atoms with Gasteiger partial charge < -0.3 is 35.2 Å². The van der Waals surface area contributed by atoms with E-state index in [1.807, 2.05) is 0 Å². The molecular weight excluding hydrogens is 272 g/mol. The molecule has 1 rings (SSSR count). The smallest absolute Gasteiger partial charge is 0.411 e. The zero-order valence-corrected chi connectivity index (χ0v) is 11.1. The molecular formula is C11H22N2O7. The van der Waals surface area contributed by atoms with Crippen molar-refractivity contribution in [2.45, 2.75) is 30.8 Å². The first-order chi connectivity index (χ1) is 9.47. The zero-order valence-electron chi connectivity index (χ0n) is 11.1. The summed E-state index contributed by atoms with van der Waals surface area (Å²) >= 11 is 0. The minimum absolute atomic E-state index is 0.141. The van der Waals surface area contributed by atoms with Crippen molar-refractivity contribution >= 4 is 6.09 Å². The van der Waals surface area contributed by atoms with Gasteiger partial charge in [-0.15, -0.1) is 0 Å². The number of hydrogen-bond donors (Lipinski definition) is 6. The molecule has 0 spiro atoms. The number of rotatable bonds is 8. The van der Waals surface area contributed by atoms with E-state index in [1.165, 1.54) is 4.90 Å². The largest absolute Gasteiger partial charge is 0.433 e. The molecule has 1 aliphatic rings. The van der Waals surface area contributed by atoms with Crippen LogP contribution in [0.5, 0.6) is 0 Å². The average Bonchev–Trinajstić information content (AvgIpc) is 2.38. The summed E-state index contributed by atoms with van der Waals surface area (Å²) in [5.74, 6) is 0. The summed E-state index contributed by atoms with van der Waals surface area (Å²) in [5, 5.41) is 48.7. The lowest BCUT2D eigenvalue weighted by atomic mass is 10.0. The predicted octanol–water partition coefficient (Wildman–Crippen LogP) is -3.19. The van der Waals surface area contributed by atoms with Crippen molar-refractivity contribution in [1.29, 1.82) is 0 Å². The molecule has 0 aromatic carbocycles. The van der Waals surface area contributed by atoms with Crippen molar-refractivity contribution in [2.75, 3.05) is 33.0 Å². The minimum atomic E-state index is -1.67. The molecule has 0 radical (unpaired) electrons. The number of nitrogens with zero attached hydrogens (tertiary/aromatic N) is 1. The molecule has 0 aliphatic carbocycles. The maximum Gasteiger partial charge on any atom is 0.411 e. The van der Waals surface area contributed by atoms with E-state index in [0.29, 0.717) is 13.1 Å². The van der Waals surface area contributed by atoms with Crippen LogP contribution in [0.25, 0.3) is 0 Å². The molecule has 20 heavy (non-hydrogen) atoms. The zero-order chi connectivity index (χ0) is 15.1. The first-order valence-electron chi connectivity index (χ1n) is 6.43. The first-order valence-corrected chi connectivity index (χ1v) is 6.43. The van der Waals surface area contributed by atoms with Crippen LogP contribution >= 0.6 is 0 Å². The van der Waals surface area contributed by atoms with E-state index in [2.05, 4.69) is 5.32 Å². The van der Waals surface area contributed by atoms with Gasteiger partial charge in [0.2, 0.25) is 0 Å². The third kappa shape index (κ3) is 4.85. The lowest BCUT2D eigenvalue weighted by Crippen LogP contribution is -2.49. The third-order valence-electron chi connectivity index (χ3n) is 3.09. The summed E-state index contributed by atoms with van der Waals surface area (Å²) in [4.78, 5) is 12.8. The highest BCUT2D eigenvalue weighted by Crippen LogP contribution is 2.07. The van der Waals surface area contributed by atoms with Crippen molar-refractivity contribution < 1.29 is 35.1 Å². The van der Waals surface area contributed by atoms with E-state index < -0.39 is 37.1 Å². The third-order valence-corrected chi connectivity index (χ3v) is 3.09. The van der Waals surface area contributed by atoms with Gasteiger partial charge in [0.15, 0.2) is 0 Å². The second kappa shape index (κ2) is 8.35. The summed E-state index contributed by atoms with van der Waals surface area (Å²) in [6.07, 6.45) is -5.71. The fourth-order valence-electron chi connectivity index (χ4n) is 1.59. The fourth-order valence-corrected chi connectivity index (χ4v) is 1.59. The van der Waals surface area contributed by atoms with Gasteiger partial charge in [-0.1, -0.05) is 0 Å². The van der Waals surface area contributed by atoms with E-state index in [0.717, 1.165) is 6.42 Å². The molecule has 0 bridgehead atoms. The molecule has 1 heterocycles. The number of nitrogens with one attached hydrogen (secondary N) is 1. The summed E-state index contributed by atoms with van der Waals surface area (Å²) < 4.78 is 4.84. The van der Waals surface area contributed by atoms with Gasteiger partial charge in [-0.2, -0.15) is 0 Å². The molecule has 0 aromatic heterocycles. The Morgan fingerprint density at radius 1 is 1.15 bits per heavy atom. The Hall–Kier alpha value is -0.970. The summed E-state index contributed by atoms with van der Waals surface area (Å²) in [5.41, 5.74) is 0. The Morgan fingerprint density at radius 2 is 1.75 bits per heavy atom. The quantitative estimate of drug-likeness (QED) is 0.203. The highest BCUT2D eigenvalue weighted by atomic mass is 16.6. The summed E-state index contributed by atoms with van der Waals surface area (Å²) in [6.45, 7) is 0.323. The Bertz CT molecular complexity index is 300. The number of ether oxygens (including phenoxy) is 1. The Kier molecular flexibility index (Phi) is 7.13. The number of likely N-dealkylation sites (tertiary alicyclic amines) is 1. The van der Waals surface area contributed by atoms with Gasteiger partial charge in [0.05, 0.1) is 12.7 Å². The Morgan fingerprint density at radius 3 is 2.25 bits per heavy atom. The SMILES string of the molecule is O=C(OCNC[C@H](O)[C@@H](O)[C@H](O)[C@H](O)CO)N1CCC1. The molecule has 118 valence electrons. The van der Waals surface area contributed by atoms with Gasteiger partial charge in [0.25, 0.3) is 0 Å². The van der Waals surface area contributed by atoms with E-state index in [9.17, 15) is 20.1 Å². The first kappa shape index (κ1) is 17.1. The van der Waals surface area contributed by atoms with Crippen molar-refractivity contribution in [3.63, 3.8) is 0 Å². The predicted molar refractivity (Wildman–Crippen MR) is 66.7 cm³/mol. The molecule has 0 aromatic rings. The van der Waals surface area contributed by atoms with Crippen molar-refractivity contribution in [3.8, 4) is 0 Å². The van der Waals surface area contributed by atoms with Crippen LogP contribution in [-0.4, -0.2) is 93.9 Å². The average molecular weight is 294 g/mol. The second-order valence-corrected chi connectivity index (χ2v) is 4.65. The van der Waals surface area contributed by atoms with Crippen LogP contribution in [0.1, 0.15) is 6.42 Å². The van der Waals surface area contributed by atoms with Crippen LogP contribution in [0.15, 0.2) is 0 Å². The number of carbonyl (C=O) groups excluding carboxylic acids is 1. The van der Waals surface area contributed by atoms with Crippen molar-refractivity contribution in [2.24, 2.45) is 0 Å². The molecule has 1 fully saturated rings. The highest BCUT2D eigenvalue weighted by molar-refractivity contribution is 5.68. The molecule has 6 N–H and O–H groups in total. The molecule has 9 heteroatoms. The van der Waals surface area contributed by atoms with Crippen LogP contribution in [0.3, 0.4) is 0 Å². The standard InChI is InChI=1S/C11H22N2O7/c14-5-8(16)10(18)9(17)7(15)4-12-6-20-11(19)13-2-1-3-13/h7-10,12,14-18H,1-6H2/t7-,8+,9+,10+/m0/s1. The maximum atomic E-state index is 11.3. The maximum absolute atomic E-state index is 11.3. The normalized spacial score (nSPS) is 20.8. The Labute approximate surface area is 116 Å². The number of aliphatic hydroxyl groups is 5. The highest BCUT2D eigenvalue weighted by Gasteiger charge is 2.29. The molecule has 1 aliphatic heterocycles. The topological polar surface area (TPSA) is 143 Å². The van der Waals surface area contributed by atoms with Gasteiger partial charge >= 0.3 is 6.09 Å². The monoisotopic (exact) mass is 294 g/mol. The van der Waals surface area contributed by atoms with Gasteiger partial charge in [-0.25, -0.2) is 4.79 Å². The fraction of sp³-hybridized carbons (Fsp3) is 0.909. The van der Waals surface area contributed by atoms with Gasteiger partial charge in [-0.3, -0.25) is 5.32 Å². The number of carbonyl (C=O) groups is 1. The second-order valence-electron chi connectivity index (χ2n) is 4.65. The molecule has 9 nitrogen and oxygen atoms in total. The molecule has 1 saturated heterocycles. The Balaban J connectivity index is 2.15. The van der Waals surface area contributed by atoms with E-state index >= 15 is 0 Å². The lowest BCUT2D eigenvalue weighted by molar-refractivity contribution is -0.114. The van der Waals surface area contributed by atoms with Crippen molar-refractivity contribution in [3.05, 3.63) is 0 Å². The molecule has 0 saturated carbocycles. The van der Waals surface area contributed by atoms with Crippen LogP contribution in [0, 0.1) is 0 Å². The summed E-state index contributed by atoms with van der Waals surface area (Å²) in [7, 11) is 0. The van der Waals surface area contributed by atoms with Crippen molar-refractivity contribution in [1.82, 2.24) is 10.2 Å². The van der Waals surface area contributed by atoms with Gasteiger partial charge in [-0.05, 0) is 6.42 Å². The number of aliphatic hydroxyl groups excluding tert-OH is 5. The van der Waals surface area contributed by atoms with E-state index in [-0.39, 0.29) is 13.3 Å². The van der Waals surface area contributed by atoms with Crippen LogP contribution in [-0.2, 0) is 4.74 Å².